The van der Waals surface area contributed by atoms with Crippen LogP contribution in [0.15, 0.2) is 18.2 Å². The minimum Gasteiger partial charge on any atom is -0.310 e. The lowest BCUT2D eigenvalue weighted by Crippen LogP contribution is -2.29. The van der Waals surface area contributed by atoms with Crippen molar-refractivity contribution in [3.8, 4) is 0 Å². The summed E-state index contributed by atoms with van der Waals surface area (Å²) < 4.78 is 0. The summed E-state index contributed by atoms with van der Waals surface area (Å²) in [5.74, 6) is 0. The van der Waals surface area contributed by atoms with Gasteiger partial charge in [-0.05, 0) is 37.4 Å². The van der Waals surface area contributed by atoms with Crippen LogP contribution in [0.5, 0.6) is 0 Å². The number of nitrogens with one attached hydrogen (secondary N) is 1. The van der Waals surface area contributed by atoms with E-state index in [2.05, 4.69) is 37.4 Å². The molecule has 70 valence electrons. The van der Waals surface area contributed by atoms with Gasteiger partial charge in [0.1, 0.15) is 0 Å². The fraction of sp³-hybridized carbons (Fsp3) is 0.500. The van der Waals surface area contributed by atoms with Crippen LogP contribution in [-0.2, 0) is 6.42 Å². The second-order valence-electron chi connectivity index (χ2n) is 3.87. The van der Waals surface area contributed by atoms with E-state index >= 15 is 0 Å². The molecule has 0 unspecified atom stereocenters. The zero-order valence-corrected chi connectivity index (χ0v) is 8.43. The average molecular weight is 175 g/mol. The van der Waals surface area contributed by atoms with Crippen LogP contribution in [0, 0.1) is 6.92 Å². The molecule has 1 heteroatoms. The topological polar surface area (TPSA) is 12.0 Å². The van der Waals surface area contributed by atoms with Crippen molar-refractivity contribution in [2.45, 2.75) is 32.7 Å². The van der Waals surface area contributed by atoms with Crippen molar-refractivity contribution < 1.29 is 0 Å². The number of fused-ring (bicyclic) bond motifs is 1. The van der Waals surface area contributed by atoms with Gasteiger partial charge in [0, 0.05) is 6.04 Å². The molecule has 1 atom stereocenters. The highest BCUT2D eigenvalue weighted by atomic mass is 14.9. The smallest absolute Gasteiger partial charge is 0.0320 e. The van der Waals surface area contributed by atoms with Gasteiger partial charge in [0.25, 0.3) is 0 Å². The molecule has 0 spiro atoms. The Morgan fingerprint density at radius 1 is 1.46 bits per heavy atom. The van der Waals surface area contributed by atoms with E-state index in [1.807, 2.05) is 0 Å². The largest absolute Gasteiger partial charge is 0.310 e. The average Bonchev–Trinajstić information content (AvgIpc) is 2.16. The lowest BCUT2D eigenvalue weighted by Gasteiger charge is -2.26. The molecule has 1 nitrogen and oxygen atoms in total. The minimum atomic E-state index is 0.587. The standard InChI is InChI=1S/C12H17N/c1-3-12-11-5-4-9(2)8-10(11)6-7-13-12/h4-5,8,12-13H,3,6-7H2,1-2H3/t12-/m0/s1. The molecule has 0 saturated carbocycles. The molecule has 1 aromatic carbocycles. The summed E-state index contributed by atoms with van der Waals surface area (Å²) in [5, 5.41) is 3.54. The van der Waals surface area contributed by atoms with Crippen LogP contribution < -0.4 is 5.32 Å². The van der Waals surface area contributed by atoms with Crippen LogP contribution in [0.25, 0.3) is 0 Å². The van der Waals surface area contributed by atoms with Crippen LogP contribution >= 0.6 is 0 Å². The molecule has 1 heterocycles. The molecule has 1 N–H and O–H groups in total. The SMILES string of the molecule is CC[C@@H]1NCCc2cc(C)ccc21. The third-order valence-corrected chi connectivity index (χ3v) is 2.87. The Hall–Kier alpha value is -0.820. The van der Waals surface area contributed by atoms with Crippen LogP contribution in [0.2, 0.25) is 0 Å². The highest BCUT2D eigenvalue weighted by Gasteiger charge is 2.17. The maximum Gasteiger partial charge on any atom is 0.0320 e. The van der Waals surface area contributed by atoms with E-state index in [0.29, 0.717) is 6.04 Å². The highest BCUT2D eigenvalue weighted by Crippen LogP contribution is 2.25. The van der Waals surface area contributed by atoms with Crippen molar-refractivity contribution in [3.05, 3.63) is 34.9 Å². The minimum absolute atomic E-state index is 0.587. The lowest BCUT2D eigenvalue weighted by molar-refractivity contribution is 0.492. The molecule has 13 heavy (non-hydrogen) atoms. The molecule has 1 aliphatic heterocycles. The highest BCUT2D eigenvalue weighted by molar-refractivity contribution is 5.35. The van der Waals surface area contributed by atoms with Gasteiger partial charge in [-0.15, -0.1) is 0 Å². The molecule has 0 fully saturated rings. The van der Waals surface area contributed by atoms with Crippen molar-refractivity contribution >= 4 is 0 Å². The number of hydrogen-bond acceptors (Lipinski definition) is 1. The third-order valence-electron chi connectivity index (χ3n) is 2.87. The zero-order chi connectivity index (χ0) is 9.26. The first kappa shape index (κ1) is 8.76. The van der Waals surface area contributed by atoms with Crippen molar-refractivity contribution in [1.82, 2.24) is 5.32 Å². The molecule has 2 rings (SSSR count). The van der Waals surface area contributed by atoms with Crippen LogP contribution in [-0.4, -0.2) is 6.54 Å². The summed E-state index contributed by atoms with van der Waals surface area (Å²) in [6.45, 7) is 5.55. The van der Waals surface area contributed by atoms with Gasteiger partial charge in [0.05, 0.1) is 0 Å². The summed E-state index contributed by atoms with van der Waals surface area (Å²) in [5.41, 5.74) is 4.44. The van der Waals surface area contributed by atoms with Gasteiger partial charge in [-0.25, -0.2) is 0 Å². The molecule has 1 aromatic rings. The Labute approximate surface area is 80.2 Å². The number of hydrogen-bond donors (Lipinski definition) is 1. The second-order valence-corrected chi connectivity index (χ2v) is 3.87. The first-order valence-corrected chi connectivity index (χ1v) is 5.14. The van der Waals surface area contributed by atoms with Crippen molar-refractivity contribution in [2.75, 3.05) is 6.54 Å². The summed E-state index contributed by atoms with van der Waals surface area (Å²) in [7, 11) is 0. The molecule has 0 bridgehead atoms. The van der Waals surface area contributed by atoms with E-state index in [9.17, 15) is 0 Å². The summed E-state index contributed by atoms with van der Waals surface area (Å²) in [6, 6.07) is 7.42. The van der Waals surface area contributed by atoms with E-state index in [4.69, 9.17) is 0 Å². The Bertz CT molecular complexity index is 304. The van der Waals surface area contributed by atoms with Crippen LogP contribution in [0.1, 0.15) is 36.1 Å². The van der Waals surface area contributed by atoms with E-state index in [0.717, 1.165) is 6.54 Å². The molecule has 0 aliphatic carbocycles. The van der Waals surface area contributed by atoms with Crippen molar-refractivity contribution in [1.29, 1.82) is 0 Å². The van der Waals surface area contributed by atoms with Gasteiger partial charge < -0.3 is 5.32 Å². The van der Waals surface area contributed by atoms with Gasteiger partial charge >= 0.3 is 0 Å². The summed E-state index contributed by atoms with van der Waals surface area (Å²) >= 11 is 0. The molecular weight excluding hydrogens is 158 g/mol. The second kappa shape index (κ2) is 3.51. The first-order valence-electron chi connectivity index (χ1n) is 5.14. The number of benzene rings is 1. The molecule has 1 aliphatic rings. The fourth-order valence-corrected chi connectivity index (χ4v) is 2.15. The van der Waals surface area contributed by atoms with Crippen molar-refractivity contribution in [2.24, 2.45) is 0 Å². The Balaban J connectivity index is 2.40. The van der Waals surface area contributed by atoms with E-state index in [1.165, 1.54) is 24.0 Å². The zero-order valence-electron chi connectivity index (χ0n) is 8.43. The van der Waals surface area contributed by atoms with Gasteiger partial charge in [0.2, 0.25) is 0 Å². The molecule has 0 aromatic heterocycles. The van der Waals surface area contributed by atoms with Gasteiger partial charge in [-0.3, -0.25) is 0 Å². The molecular formula is C12H17N. The van der Waals surface area contributed by atoms with Crippen LogP contribution in [0.4, 0.5) is 0 Å². The predicted molar refractivity (Wildman–Crippen MR) is 55.9 cm³/mol. The Kier molecular flexibility index (Phi) is 2.36. The maximum atomic E-state index is 3.54. The summed E-state index contributed by atoms with van der Waals surface area (Å²) in [4.78, 5) is 0. The fourth-order valence-electron chi connectivity index (χ4n) is 2.15. The van der Waals surface area contributed by atoms with Gasteiger partial charge in [-0.1, -0.05) is 30.7 Å². The molecule has 0 saturated heterocycles. The van der Waals surface area contributed by atoms with E-state index in [1.54, 1.807) is 5.56 Å². The van der Waals surface area contributed by atoms with E-state index in [-0.39, 0.29) is 0 Å². The van der Waals surface area contributed by atoms with Crippen LogP contribution in [0.3, 0.4) is 0 Å². The monoisotopic (exact) mass is 175 g/mol. The van der Waals surface area contributed by atoms with Gasteiger partial charge in [-0.2, -0.15) is 0 Å². The first-order chi connectivity index (χ1) is 6.31. The quantitative estimate of drug-likeness (QED) is 0.691. The number of rotatable bonds is 1. The number of aryl methyl sites for hydroxylation is 1. The van der Waals surface area contributed by atoms with E-state index < -0.39 is 0 Å². The van der Waals surface area contributed by atoms with Crippen molar-refractivity contribution in [3.63, 3.8) is 0 Å². The third kappa shape index (κ3) is 1.61. The normalized spacial score (nSPS) is 21.2. The molecule has 0 radical (unpaired) electrons. The Morgan fingerprint density at radius 2 is 2.31 bits per heavy atom. The Morgan fingerprint density at radius 3 is 3.08 bits per heavy atom. The lowest BCUT2D eigenvalue weighted by atomic mass is 9.92. The van der Waals surface area contributed by atoms with Gasteiger partial charge in [0.15, 0.2) is 0 Å². The summed E-state index contributed by atoms with van der Waals surface area (Å²) in [6.07, 6.45) is 2.38. The predicted octanol–water partition coefficient (Wildman–Crippen LogP) is 2.59. The maximum absolute atomic E-state index is 3.54. The molecule has 0 amide bonds.